The normalized spacial score (nSPS) is 10.6. The molecule has 1 N–H and O–H groups in total. The summed E-state index contributed by atoms with van der Waals surface area (Å²) in [6.45, 7) is 1.18. The minimum atomic E-state index is -2.95. The minimum absolute atomic E-state index is 0.208. The third kappa shape index (κ3) is 1.61. The molecule has 14 heavy (non-hydrogen) atoms. The summed E-state index contributed by atoms with van der Waals surface area (Å²) >= 11 is 0. The Morgan fingerprint density at radius 1 is 1.64 bits per heavy atom. The number of pyridine rings is 1. The van der Waals surface area contributed by atoms with Crippen LogP contribution in [0.2, 0.25) is 0 Å². The molecule has 5 nitrogen and oxygen atoms in total. The first-order valence-electron chi connectivity index (χ1n) is 3.56. The molecule has 0 radical (unpaired) electrons. The van der Waals surface area contributed by atoms with E-state index in [-0.39, 0.29) is 5.56 Å². The van der Waals surface area contributed by atoms with Gasteiger partial charge in [0, 0.05) is 0 Å². The van der Waals surface area contributed by atoms with Crippen LogP contribution < -0.4 is 0 Å². The van der Waals surface area contributed by atoms with Crippen LogP contribution in [0.4, 0.5) is 14.5 Å². The summed E-state index contributed by atoms with van der Waals surface area (Å²) in [7, 11) is 0. The summed E-state index contributed by atoms with van der Waals surface area (Å²) in [5.41, 5.74) is -1.53. The predicted molar refractivity (Wildman–Crippen MR) is 42.3 cm³/mol. The van der Waals surface area contributed by atoms with Crippen LogP contribution in [0.5, 0.6) is 5.75 Å². The van der Waals surface area contributed by atoms with E-state index >= 15 is 0 Å². The number of aromatic nitrogens is 1. The van der Waals surface area contributed by atoms with Crippen LogP contribution in [-0.2, 0) is 0 Å². The molecule has 0 aliphatic heterocycles. The van der Waals surface area contributed by atoms with Gasteiger partial charge in [0.05, 0.1) is 10.5 Å². The minimum Gasteiger partial charge on any atom is -0.505 e. The molecule has 0 aliphatic carbocycles. The maximum absolute atomic E-state index is 12.1. The van der Waals surface area contributed by atoms with Crippen LogP contribution >= 0.6 is 0 Å². The van der Waals surface area contributed by atoms with Crippen LogP contribution in [0.15, 0.2) is 6.20 Å². The first-order valence-corrected chi connectivity index (χ1v) is 3.56. The molecule has 0 spiro atoms. The molecule has 0 fully saturated rings. The zero-order valence-electron chi connectivity index (χ0n) is 7.07. The molecule has 0 bridgehead atoms. The van der Waals surface area contributed by atoms with Crippen LogP contribution in [-0.4, -0.2) is 15.0 Å². The van der Waals surface area contributed by atoms with Crippen molar-refractivity contribution in [3.8, 4) is 5.75 Å². The fourth-order valence-corrected chi connectivity index (χ4v) is 0.946. The Bertz CT molecular complexity index is 381. The topological polar surface area (TPSA) is 76.3 Å². The second-order valence-electron chi connectivity index (χ2n) is 2.56. The number of nitro groups is 1. The lowest BCUT2D eigenvalue weighted by Gasteiger charge is -2.04. The van der Waals surface area contributed by atoms with Crippen molar-refractivity contribution in [3.05, 3.63) is 27.6 Å². The van der Waals surface area contributed by atoms with E-state index in [0.717, 1.165) is 0 Å². The lowest BCUT2D eigenvalue weighted by Crippen LogP contribution is -1.98. The molecule has 0 saturated heterocycles. The molecule has 0 aliphatic rings. The highest BCUT2D eigenvalue weighted by Gasteiger charge is 2.22. The maximum atomic E-state index is 12.1. The molecule has 7 heteroatoms. The van der Waals surface area contributed by atoms with E-state index in [1.54, 1.807) is 0 Å². The fourth-order valence-electron chi connectivity index (χ4n) is 0.946. The predicted octanol–water partition coefficient (Wildman–Crippen LogP) is 1.94. The highest BCUT2D eigenvalue weighted by molar-refractivity contribution is 5.48. The van der Waals surface area contributed by atoms with Crippen LogP contribution in [0.25, 0.3) is 0 Å². The molecule has 0 saturated carbocycles. The first-order chi connectivity index (χ1) is 6.45. The zero-order valence-corrected chi connectivity index (χ0v) is 7.07. The van der Waals surface area contributed by atoms with Gasteiger partial charge in [-0.25, -0.2) is 13.8 Å². The van der Waals surface area contributed by atoms with Gasteiger partial charge in [-0.3, -0.25) is 10.1 Å². The number of hydrogen-bond acceptors (Lipinski definition) is 4. The van der Waals surface area contributed by atoms with Crippen LogP contribution in [0, 0.1) is 17.0 Å². The number of halogens is 2. The smallest absolute Gasteiger partial charge is 0.294 e. The van der Waals surface area contributed by atoms with E-state index in [4.69, 9.17) is 5.11 Å². The van der Waals surface area contributed by atoms with Gasteiger partial charge in [-0.15, -0.1) is 0 Å². The highest BCUT2D eigenvalue weighted by atomic mass is 19.3. The highest BCUT2D eigenvalue weighted by Crippen LogP contribution is 2.33. The second-order valence-corrected chi connectivity index (χ2v) is 2.56. The zero-order chi connectivity index (χ0) is 10.9. The monoisotopic (exact) mass is 204 g/mol. The quantitative estimate of drug-likeness (QED) is 0.589. The van der Waals surface area contributed by atoms with Gasteiger partial charge in [0.25, 0.3) is 12.1 Å². The molecule has 1 rings (SSSR count). The average Bonchev–Trinajstić information content (AvgIpc) is 2.08. The SMILES string of the molecule is Cc1c([N+](=O)[O-])cnc(C(F)F)c1O. The number of alkyl halides is 2. The fraction of sp³-hybridized carbons (Fsp3) is 0.286. The van der Waals surface area contributed by atoms with Crippen molar-refractivity contribution in [3.63, 3.8) is 0 Å². The molecule has 0 unspecified atom stereocenters. The molecule has 0 atom stereocenters. The standard InChI is InChI=1S/C7H6F2N2O3/c1-3-4(11(13)14)2-10-5(6(3)12)7(8)9/h2,7,12H,1H3. The summed E-state index contributed by atoms with van der Waals surface area (Å²) in [5.74, 6) is -0.825. The average molecular weight is 204 g/mol. The van der Waals surface area contributed by atoms with E-state index in [9.17, 15) is 18.9 Å². The van der Waals surface area contributed by atoms with Gasteiger partial charge in [-0.05, 0) is 6.92 Å². The van der Waals surface area contributed by atoms with Crippen LogP contribution in [0.3, 0.4) is 0 Å². The van der Waals surface area contributed by atoms with Crippen molar-refractivity contribution in [1.82, 2.24) is 4.98 Å². The number of hydrogen-bond donors (Lipinski definition) is 1. The van der Waals surface area contributed by atoms with Gasteiger partial charge in [0.15, 0.2) is 5.75 Å². The first kappa shape index (κ1) is 10.3. The maximum Gasteiger partial charge on any atom is 0.294 e. The summed E-state index contributed by atoms with van der Waals surface area (Å²) in [6, 6.07) is 0. The lowest BCUT2D eigenvalue weighted by molar-refractivity contribution is -0.385. The van der Waals surface area contributed by atoms with E-state index in [2.05, 4.69) is 4.98 Å². The van der Waals surface area contributed by atoms with Crippen molar-refractivity contribution in [2.45, 2.75) is 13.3 Å². The Morgan fingerprint density at radius 3 is 2.64 bits per heavy atom. The number of nitrogens with zero attached hydrogens (tertiary/aromatic N) is 2. The molecule has 1 aromatic heterocycles. The van der Waals surface area contributed by atoms with Gasteiger partial charge < -0.3 is 5.11 Å². The third-order valence-corrected chi connectivity index (χ3v) is 1.71. The molecule has 1 aromatic rings. The Labute approximate surface area is 77.2 Å². The van der Waals surface area contributed by atoms with Crippen molar-refractivity contribution < 1.29 is 18.8 Å². The van der Waals surface area contributed by atoms with Crippen molar-refractivity contribution in [2.24, 2.45) is 0 Å². The largest absolute Gasteiger partial charge is 0.505 e. The van der Waals surface area contributed by atoms with E-state index in [0.29, 0.717) is 6.20 Å². The van der Waals surface area contributed by atoms with Gasteiger partial charge in [-0.1, -0.05) is 0 Å². The molecular weight excluding hydrogens is 198 g/mol. The second kappa shape index (κ2) is 3.52. The van der Waals surface area contributed by atoms with Gasteiger partial charge in [0.1, 0.15) is 11.9 Å². The molecular formula is C7H6F2N2O3. The van der Waals surface area contributed by atoms with Crippen molar-refractivity contribution in [2.75, 3.05) is 0 Å². The van der Waals surface area contributed by atoms with E-state index in [1.807, 2.05) is 0 Å². The summed E-state index contributed by atoms with van der Waals surface area (Å²) in [6.07, 6.45) is -2.24. The Balaban J connectivity index is 3.33. The lowest BCUT2D eigenvalue weighted by atomic mass is 10.2. The summed E-state index contributed by atoms with van der Waals surface area (Å²) < 4.78 is 24.3. The van der Waals surface area contributed by atoms with Gasteiger partial charge in [0.2, 0.25) is 0 Å². The van der Waals surface area contributed by atoms with Crippen molar-refractivity contribution in [1.29, 1.82) is 0 Å². The van der Waals surface area contributed by atoms with Crippen molar-refractivity contribution >= 4 is 5.69 Å². The Morgan fingerprint density at radius 2 is 2.21 bits per heavy atom. The number of rotatable bonds is 2. The van der Waals surface area contributed by atoms with E-state index < -0.39 is 28.5 Å². The summed E-state index contributed by atoms with van der Waals surface area (Å²) in [4.78, 5) is 12.6. The number of aromatic hydroxyl groups is 1. The van der Waals surface area contributed by atoms with Gasteiger partial charge in [-0.2, -0.15) is 0 Å². The Kier molecular flexibility index (Phi) is 2.59. The Hall–Kier alpha value is -1.79. The van der Waals surface area contributed by atoms with E-state index in [1.165, 1.54) is 6.92 Å². The summed E-state index contributed by atoms with van der Waals surface area (Å²) in [5, 5.41) is 19.5. The molecule has 0 amide bonds. The molecule has 1 heterocycles. The third-order valence-electron chi connectivity index (χ3n) is 1.71. The molecule has 76 valence electrons. The molecule has 0 aromatic carbocycles. The van der Waals surface area contributed by atoms with Crippen LogP contribution in [0.1, 0.15) is 17.7 Å². The van der Waals surface area contributed by atoms with Gasteiger partial charge >= 0.3 is 0 Å².